The third kappa shape index (κ3) is 8.42. The zero-order chi connectivity index (χ0) is 19.9. The van der Waals surface area contributed by atoms with Gasteiger partial charge in [-0.05, 0) is 30.5 Å². The second-order valence-corrected chi connectivity index (χ2v) is 6.85. The summed E-state index contributed by atoms with van der Waals surface area (Å²) in [4.78, 5) is 20.2. The topological polar surface area (TPSA) is 47.9 Å². The van der Waals surface area contributed by atoms with Gasteiger partial charge >= 0.3 is 6.18 Å². The number of unbranched alkanes of at least 4 members (excludes halogenated alkanes) is 1. The second-order valence-electron chi connectivity index (χ2n) is 6.41. The van der Waals surface area contributed by atoms with E-state index in [0.717, 1.165) is 5.56 Å². The zero-order valence-corrected chi connectivity index (χ0v) is 18.7. The van der Waals surface area contributed by atoms with Crippen molar-refractivity contribution in [2.24, 2.45) is 4.99 Å². The van der Waals surface area contributed by atoms with E-state index in [1.807, 2.05) is 17.0 Å². The first kappa shape index (κ1) is 24.8. The molecule has 5 nitrogen and oxygen atoms in total. The number of guanidine groups is 1. The molecule has 1 aromatic carbocycles. The zero-order valence-electron chi connectivity index (χ0n) is 15.6. The lowest BCUT2D eigenvalue weighted by Gasteiger charge is -2.36. The van der Waals surface area contributed by atoms with Gasteiger partial charge in [-0.3, -0.25) is 9.79 Å². The van der Waals surface area contributed by atoms with Crippen LogP contribution in [0.3, 0.4) is 0 Å². The van der Waals surface area contributed by atoms with Gasteiger partial charge in [0.1, 0.15) is 0 Å². The van der Waals surface area contributed by atoms with Crippen LogP contribution in [0.5, 0.6) is 0 Å². The molecule has 1 aliphatic heterocycles. The van der Waals surface area contributed by atoms with E-state index in [-0.39, 0.29) is 42.8 Å². The van der Waals surface area contributed by atoms with Crippen molar-refractivity contribution in [2.45, 2.75) is 32.0 Å². The fourth-order valence-electron chi connectivity index (χ4n) is 2.85. The van der Waals surface area contributed by atoms with Crippen molar-refractivity contribution in [1.82, 2.24) is 15.1 Å². The molecule has 0 unspecified atom stereocenters. The average molecular weight is 533 g/mol. The number of benzene rings is 1. The highest BCUT2D eigenvalue weighted by Crippen LogP contribution is 2.21. The smallest absolute Gasteiger partial charge is 0.356 e. The number of nitrogens with one attached hydrogen (secondary N) is 1. The highest BCUT2D eigenvalue weighted by atomic mass is 127. The van der Waals surface area contributed by atoms with E-state index in [2.05, 4.69) is 10.3 Å². The van der Waals surface area contributed by atoms with Crippen molar-refractivity contribution >= 4 is 47.4 Å². The number of rotatable bonds is 6. The number of amides is 1. The summed E-state index contributed by atoms with van der Waals surface area (Å²) in [6.07, 6.45) is -4.44. The molecule has 0 radical (unpaired) electrons. The molecular formula is C18H25ClF3IN4O. The maximum Gasteiger partial charge on any atom is 0.389 e. The Kier molecular flexibility index (Phi) is 10.4. The Bertz CT molecular complexity index is 655. The molecule has 1 heterocycles. The maximum atomic E-state index is 12.4. The molecule has 0 spiro atoms. The van der Waals surface area contributed by atoms with E-state index in [4.69, 9.17) is 11.6 Å². The molecule has 1 aliphatic rings. The van der Waals surface area contributed by atoms with Gasteiger partial charge in [-0.1, -0.05) is 23.7 Å². The molecular weight excluding hydrogens is 508 g/mol. The van der Waals surface area contributed by atoms with Crippen molar-refractivity contribution in [2.75, 3.05) is 33.2 Å². The van der Waals surface area contributed by atoms with E-state index in [9.17, 15) is 18.0 Å². The van der Waals surface area contributed by atoms with Crippen molar-refractivity contribution < 1.29 is 18.0 Å². The van der Waals surface area contributed by atoms with Crippen LogP contribution >= 0.6 is 35.6 Å². The first-order chi connectivity index (χ1) is 12.8. The fraction of sp³-hybridized carbons (Fsp3) is 0.556. The molecule has 0 atom stereocenters. The predicted octanol–water partition coefficient (Wildman–Crippen LogP) is 3.91. The maximum absolute atomic E-state index is 12.4. The molecule has 10 heteroatoms. The number of hydrogen-bond acceptors (Lipinski definition) is 2. The summed E-state index contributed by atoms with van der Waals surface area (Å²) in [5, 5.41) is 3.69. The number of nitrogens with zero attached hydrogens (tertiary/aromatic N) is 3. The Morgan fingerprint density at radius 3 is 2.46 bits per heavy atom. The standard InChI is InChI=1S/C18H24ClF3N4O.HI/c1-23-17(24-9-3-2-8-18(20,21)22)26-11-10-25(16(27)13-26)12-14-4-6-15(19)7-5-14;/h4-7H,2-3,8-13H2,1H3,(H,23,24);1H. The van der Waals surface area contributed by atoms with Crippen molar-refractivity contribution in [3.05, 3.63) is 34.9 Å². The van der Waals surface area contributed by atoms with Gasteiger partial charge in [0, 0.05) is 44.7 Å². The molecule has 1 saturated heterocycles. The number of carbonyl (C=O) groups is 1. The van der Waals surface area contributed by atoms with Crippen molar-refractivity contribution in [3.8, 4) is 0 Å². The number of alkyl halides is 3. The summed E-state index contributed by atoms with van der Waals surface area (Å²) in [5.41, 5.74) is 1.01. The van der Waals surface area contributed by atoms with Crippen LogP contribution in [0.25, 0.3) is 0 Å². The van der Waals surface area contributed by atoms with E-state index >= 15 is 0 Å². The Morgan fingerprint density at radius 1 is 1.21 bits per heavy atom. The van der Waals surface area contributed by atoms with Gasteiger partial charge < -0.3 is 15.1 Å². The van der Waals surface area contributed by atoms with E-state index in [1.165, 1.54) is 0 Å². The molecule has 1 fully saturated rings. The third-order valence-electron chi connectivity index (χ3n) is 4.29. The minimum atomic E-state index is -4.12. The van der Waals surface area contributed by atoms with E-state index in [0.29, 0.717) is 43.6 Å². The van der Waals surface area contributed by atoms with Crippen LogP contribution in [-0.4, -0.2) is 61.1 Å². The monoisotopic (exact) mass is 532 g/mol. The summed E-state index contributed by atoms with van der Waals surface area (Å²) in [5.74, 6) is 0.526. The highest BCUT2D eigenvalue weighted by Gasteiger charge is 2.27. The van der Waals surface area contributed by atoms with Gasteiger partial charge in [0.05, 0.1) is 6.54 Å². The largest absolute Gasteiger partial charge is 0.389 e. The van der Waals surface area contributed by atoms with Gasteiger partial charge in [-0.15, -0.1) is 24.0 Å². The normalized spacial score (nSPS) is 15.5. The average Bonchev–Trinajstić information content (AvgIpc) is 2.61. The minimum absolute atomic E-state index is 0. The Morgan fingerprint density at radius 2 is 1.89 bits per heavy atom. The van der Waals surface area contributed by atoms with Crippen molar-refractivity contribution in [1.29, 1.82) is 0 Å². The van der Waals surface area contributed by atoms with Crippen LogP contribution in [0.2, 0.25) is 5.02 Å². The Labute approximate surface area is 185 Å². The Hall–Kier alpha value is -1.23. The van der Waals surface area contributed by atoms with E-state index in [1.54, 1.807) is 24.1 Å². The van der Waals surface area contributed by atoms with Crippen LogP contribution in [0, 0.1) is 0 Å². The SMILES string of the molecule is CN=C(NCCCCC(F)(F)F)N1CCN(Cc2ccc(Cl)cc2)C(=O)C1.I. The van der Waals surface area contributed by atoms with Crippen LogP contribution < -0.4 is 5.32 Å². The first-order valence-corrected chi connectivity index (χ1v) is 9.21. The quantitative estimate of drug-likeness (QED) is 0.262. The number of halogens is 5. The fourth-order valence-corrected chi connectivity index (χ4v) is 2.98. The minimum Gasteiger partial charge on any atom is -0.356 e. The first-order valence-electron chi connectivity index (χ1n) is 8.83. The lowest BCUT2D eigenvalue weighted by atomic mass is 10.2. The molecule has 0 saturated carbocycles. The molecule has 0 bridgehead atoms. The second kappa shape index (κ2) is 11.7. The molecule has 1 aromatic rings. The Balaban J connectivity index is 0.00000392. The van der Waals surface area contributed by atoms with Crippen LogP contribution in [-0.2, 0) is 11.3 Å². The predicted molar refractivity (Wildman–Crippen MR) is 115 cm³/mol. The van der Waals surface area contributed by atoms with E-state index < -0.39 is 12.6 Å². The van der Waals surface area contributed by atoms with Crippen LogP contribution in [0.15, 0.2) is 29.3 Å². The summed E-state index contributed by atoms with van der Waals surface area (Å²) in [6.45, 7) is 2.27. The number of aliphatic imine (C=N–C) groups is 1. The van der Waals surface area contributed by atoms with Crippen molar-refractivity contribution in [3.63, 3.8) is 0 Å². The number of hydrogen-bond donors (Lipinski definition) is 1. The van der Waals surface area contributed by atoms with Gasteiger partial charge in [-0.2, -0.15) is 13.2 Å². The molecule has 1 amide bonds. The van der Waals surface area contributed by atoms with Gasteiger partial charge in [0.2, 0.25) is 5.91 Å². The van der Waals surface area contributed by atoms with Crippen LogP contribution in [0.4, 0.5) is 13.2 Å². The van der Waals surface area contributed by atoms with Gasteiger partial charge in [-0.25, -0.2) is 0 Å². The number of piperazine rings is 1. The third-order valence-corrected chi connectivity index (χ3v) is 4.54. The summed E-state index contributed by atoms with van der Waals surface area (Å²) in [6, 6.07) is 7.37. The number of carbonyl (C=O) groups excluding carboxylic acids is 1. The summed E-state index contributed by atoms with van der Waals surface area (Å²) in [7, 11) is 1.60. The lowest BCUT2D eigenvalue weighted by molar-refractivity contribution is -0.136. The lowest BCUT2D eigenvalue weighted by Crippen LogP contribution is -2.55. The summed E-state index contributed by atoms with van der Waals surface area (Å²) >= 11 is 5.87. The molecule has 28 heavy (non-hydrogen) atoms. The van der Waals surface area contributed by atoms with Gasteiger partial charge in [0.15, 0.2) is 5.96 Å². The van der Waals surface area contributed by atoms with Gasteiger partial charge in [0.25, 0.3) is 0 Å². The summed E-state index contributed by atoms with van der Waals surface area (Å²) < 4.78 is 36.5. The highest BCUT2D eigenvalue weighted by molar-refractivity contribution is 14.0. The molecule has 0 aliphatic carbocycles. The molecule has 2 rings (SSSR count). The van der Waals surface area contributed by atoms with Crippen LogP contribution in [0.1, 0.15) is 24.8 Å². The molecule has 1 N–H and O–H groups in total. The molecule has 0 aromatic heterocycles. The molecule has 158 valence electrons.